The number of carbonyl (C=O) groups is 2. The largest absolute Gasteiger partial charge is 0.339 e. The molecule has 3 heterocycles. The number of nitrogens with zero attached hydrogens (tertiary/aromatic N) is 3. The topological polar surface area (TPSA) is 81.3 Å². The minimum absolute atomic E-state index is 0.0213. The molecule has 2 aromatic heterocycles. The molecule has 186 valence electrons. The van der Waals surface area contributed by atoms with Crippen LogP contribution in [0.4, 0.5) is 8.78 Å². The van der Waals surface area contributed by atoms with Crippen LogP contribution in [0, 0.1) is 11.6 Å². The van der Waals surface area contributed by atoms with E-state index in [1.165, 1.54) is 12.3 Å². The number of hydrogen-bond acceptors (Lipinski definition) is 4. The summed E-state index contributed by atoms with van der Waals surface area (Å²) in [7, 11) is 0. The summed E-state index contributed by atoms with van der Waals surface area (Å²) in [5.41, 5.74) is 0.797. The maximum absolute atomic E-state index is 14.4. The van der Waals surface area contributed by atoms with Crippen molar-refractivity contribution in [1.82, 2.24) is 25.1 Å². The Balaban J connectivity index is 1.55. The van der Waals surface area contributed by atoms with Gasteiger partial charge in [0.1, 0.15) is 29.0 Å². The molecule has 2 N–H and O–H groups in total. The second-order valence-electron chi connectivity index (χ2n) is 9.72. The second-order valence-corrected chi connectivity index (χ2v) is 10.2. The lowest BCUT2D eigenvalue weighted by Crippen LogP contribution is -2.58. The summed E-state index contributed by atoms with van der Waals surface area (Å²) in [6.45, 7) is 8.71. The lowest BCUT2D eigenvalue weighted by molar-refractivity contribution is -0.135. The van der Waals surface area contributed by atoms with Crippen molar-refractivity contribution in [2.24, 2.45) is 0 Å². The summed E-state index contributed by atoms with van der Waals surface area (Å²) in [6.07, 6.45) is 1.35. The Morgan fingerprint density at radius 3 is 2.51 bits per heavy atom. The van der Waals surface area contributed by atoms with E-state index in [4.69, 9.17) is 11.6 Å². The number of aromatic nitrogens is 2. The number of pyridine rings is 1. The van der Waals surface area contributed by atoms with Crippen LogP contribution in [-0.4, -0.2) is 69.3 Å². The molecule has 0 bridgehead atoms. The molecule has 1 fully saturated rings. The van der Waals surface area contributed by atoms with Gasteiger partial charge in [-0.2, -0.15) is 0 Å². The van der Waals surface area contributed by atoms with Crippen LogP contribution in [0.15, 0.2) is 36.5 Å². The summed E-state index contributed by atoms with van der Waals surface area (Å²) in [6, 6.07) is 5.43. The number of amides is 2. The van der Waals surface area contributed by atoms with E-state index in [1.807, 2.05) is 0 Å². The van der Waals surface area contributed by atoms with Gasteiger partial charge in [-0.25, -0.2) is 13.8 Å². The third-order valence-corrected chi connectivity index (χ3v) is 6.47. The van der Waals surface area contributed by atoms with Crippen molar-refractivity contribution in [1.29, 1.82) is 0 Å². The van der Waals surface area contributed by atoms with Crippen molar-refractivity contribution in [3.8, 4) is 0 Å². The number of piperazine rings is 1. The van der Waals surface area contributed by atoms with E-state index < -0.39 is 23.6 Å². The predicted octanol–water partition coefficient (Wildman–Crippen LogP) is 3.78. The molecule has 0 unspecified atom stereocenters. The molecule has 4 rings (SSSR count). The molecule has 3 aromatic rings. The first-order valence-corrected chi connectivity index (χ1v) is 11.8. The highest BCUT2D eigenvalue weighted by molar-refractivity contribution is 6.31. The molecule has 7 nitrogen and oxygen atoms in total. The molecular formula is C25H28ClF2N5O2. The highest BCUT2D eigenvalue weighted by atomic mass is 35.5. The molecule has 1 atom stereocenters. The Bertz CT molecular complexity index is 1250. The first-order valence-electron chi connectivity index (χ1n) is 11.4. The molecule has 0 spiro atoms. The molecule has 1 saturated heterocycles. The molecule has 2 amide bonds. The van der Waals surface area contributed by atoms with Crippen LogP contribution in [0.3, 0.4) is 0 Å². The summed E-state index contributed by atoms with van der Waals surface area (Å²) in [5.74, 6) is -2.32. The minimum atomic E-state index is -1.04. The van der Waals surface area contributed by atoms with Gasteiger partial charge >= 0.3 is 0 Å². The fourth-order valence-electron chi connectivity index (χ4n) is 4.27. The van der Waals surface area contributed by atoms with Gasteiger partial charge in [0, 0.05) is 55.8 Å². The first kappa shape index (κ1) is 25.1. The zero-order valence-electron chi connectivity index (χ0n) is 19.9. The monoisotopic (exact) mass is 503 g/mol. The Kier molecular flexibility index (Phi) is 7.10. The van der Waals surface area contributed by atoms with Crippen molar-refractivity contribution in [2.75, 3.05) is 26.2 Å². The van der Waals surface area contributed by atoms with Crippen molar-refractivity contribution >= 4 is 34.4 Å². The number of hydrogen-bond donors (Lipinski definition) is 2. The van der Waals surface area contributed by atoms with E-state index >= 15 is 0 Å². The van der Waals surface area contributed by atoms with Crippen LogP contribution >= 0.6 is 11.6 Å². The zero-order chi connectivity index (χ0) is 25.3. The predicted molar refractivity (Wildman–Crippen MR) is 130 cm³/mol. The highest BCUT2D eigenvalue weighted by Crippen LogP contribution is 2.20. The number of fused-ring (bicyclic) bond motifs is 1. The average molecular weight is 504 g/mol. The number of benzene rings is 1. The lowest BCUT2D eigenvalue weighted by atomic mass is 10.0. The summed E-state index contributed by atoms with van der Waals surface area (Å²) in [4.78, 5) is 37.6. The summed E-state index contributed by atoms with van der Waals surface area (Å²) in [5, 5.41) is 3.82. The molecule has 0 saturated carbocycles. The molecule has 10 heteroatoms. The van der Waals surface area contributed by atoms with Crippen LogP contribution in [-0.2, 0) is 11.2 Å². The third kappa shape index (κ3) is 5.79. The molecule has 0 radical (unpaired) electrons. The van der Waals surface area contributed by atoms with E-state index in [2.05, 4.69) is 41.0 Å². The standard InChI is InChI=1S/C25H28ClF2N5O2/c1-25(2,3)33-8-6-32(7-9-33)24(35)21(11-15-4-5-18(27)13-19(15)28)31-23(34)20-12-16-10-17(26)14-29-22(16)30-20/h4-5,10,12-14,21H,6-9,11H2,1-3H3,(H,29,30)(H,31,34)/t21-/m0/s1. The SMILES string of the molecule is CC(C)(C)N1CCN(C(=O)[C@H](Cc2ccc(F)cc2F)NC(=O)c2cc3cc(Cl)cnc3[nH]2)CC1. The fourth-order valence-corrected chi connectivity index (χ4v) is 4.44. The van der Waals surface area contributed by atoms with Crippen LogP contribution in [0.5, 0.6) is 0 Å². The Labute approximate surface area is 207 Å². The van der Waals surface area contributed by atoms with Crippen molar-refractivity contribution in [2.45, 2.75) is 38.8 Å². The number of H-pyrrole nitrogens is 1. The van der Waals surface area contributed by atoms with Crippen LogP contribution in [0.1, 0.15) is 36.8 Å². The number of carbonyl (C=O) groups excluding carboxylic acids is 2. The third-order valence-electron chi connectivity index (χ3n) is 6.26. The van der Waals surface area contributed by atoms with Gasteiger partial charge in [0.05, 0.1) is 5.02 Å². The van der Waals surface area contributed by atoms with E-state index in [-0.39, 0.29) is 29.1 Å². The number of nitrogens with one attached hydrogen (secondary N) is 2. The van der Waals surface area contributed by atoms with Gasteiger partial charge in [-0.1, -0.05) is 17.7 Å². The number of rotatable bonds is 5. The Morgan fingerprint density at radius 1 is 1.14 bits per heavy atom. The lowest BCUT2D eigenvalue weighted by Gasteiger charge is -2.43. The van der Waals surface area contributed by atoms with Gasteiger partial charge < -0.3 is 15.2 Å². The van der Waals surface area contributed by atoms with Crippen molar-refractivity contribution < 1.29 is 18.4 Å². The second kappa shape index (κ2) is 9.91. The quantitative estimate of drug-likeness (QED) is 0.555. The summed E-state index contributed by atoms with van der Waals surface area (Å²) >= 11 is 5.98. The Hall–Kier alpha value is -3.04. The van der Waals surface area contributed by atoms with Crippen molar-refractivity contribution in [3.63, 3.8) is 0 Å². The van der Waals surface area contributed by atoms with Gasteiger partial charge in [-0.3, -0.25) is 14.5 Å². The fraction of sp³-hybridized carbons (Fsp3) is 0.400. The zero-order valence-corrected chi connectivity index (χ0v) is 20.6. The summed E-state index contributed by atoms with van der Waals surface area (Å²) < 4.78 is 27.8. The van der Waals surface area contributed by atoms with Gasteiger partial charge in [-0.05, 0) is 44.5 Å². The minimum Gasteiger partial charge on any atom is -0.339 e. The van der Waals surface area contributed by atoms with Crippen molar-refractivity contribution in [3.05, 3.63) is 64.4 Å². The first-order chi connectivity index (χ1) is 16.5. The van der Waals surface area contributed by atoms with Crippen LogP contribution < -0.4 is 5.32 Å². The van der Waals surface area contributed by atoms with E-state index in [9.17, 15) is 18.4 Å². The van der Waals surface area contributed by atoms with Crippen LogP contribution in [0.25, 0.3) is 11.0 Å². The normalized spacial score (nSPS) is 15.9. The molecule has 1 aliphatic heterocycles. The van der Waals surface area contributed by atoms with E-state index in [0.29, 0.717) is 42.2 Å². The van der Waals surface area contributed by atoms with Crippen LogP contribution in [0.2, 0.25) is 5.02 Å². The van der Waals surface area contributed by atoms with Gasteiger partial charge in [0.15, 0.2) is 0 Å². The average Bonchev–Trinajstić information content (AvgIpc) is 3.22. The van der Waals surface area contributed by atoms with Gasteiger partial charge in [0.25, 0.3) is 5.91 Å². The molecular weight excluding hydrogens is 476 g/mol. The van der Waals surface area contributed by atoms with Gasteiger partial charge in [-0.15, -0.1) is 0 Å². The van der Waals surface area contributed by atoms with E-state index in [1.54, 1.807) is 17.0 Å². The maximum atomic E-state index is 14.4. The highest BCUT2D eigenvalue weighted by Gasteiger charge is 2.32. The number of halogens is 3. The number of aromatic amines is 1. The maximum Gasteiger partial charge on any atom is 0.268 e. The van der Waals surface area contributed by atoms with E-state index in [0.717, 1.165) is 12.1 Å². The molecule has 35 heavy (non-hydrogen) atoms. The van der Waals surface area contributed by atoms with Gasteiger partial charge in [0.2, 0.25) is 5.91 Å². The smallest absolute Gasteiger partial charge is 0.268 e. The Morgan fingerprint density at radius 2 is 1.86 bits per heavy atom. The molecule has 1 aliphatic rings. The molecule has 0 aliphatic carbocycles. The molecule has 1 aromatic carbocycles.